The van der Waals surface area contributed by atoms with Crippen LogP contribution in [0.3, 0.4) is 0 Å². The maximum absolute atomic E-state index is 10.9. The Morgan fingerprint density at radius 1 is 1.35 bits per heavy atom. The Balaban J connectivity index is 2.45. The zero-order valence-electron chi connectivity index (χ0n) is 11.9. The lowest BCUT2D eigenvalue weighted by Gasteiger charge is -2.46. The SMILES string of the molecule is CC1(C)CC[C@@H](O)[C@](C)(c2ccc(C(=O)O)cc2O)O1. The van der Waals surface area contributed by atoms with E-state index in [-0.39, 0.29) is 11.3 Å². The van der Waals surface area contributed by atoms with Gasteiger partial charge in [-0.1, -0.05) is 6.07 Å². The number of carboxylic acid groups (broad SMARTS) is 1. The second kappa shape index (κ2) is 4.75. The van der Waals surface area contributed by atoms with E-state index >= 15 is 0 Å². The summed E-state index contributed by atoms with van der Waals surface area (Å²) in [6, 6.07) is 4.09. The summed E-state index contributed by atoms with van der Waals surface area (Å²) in [5, 5.41) is 29.3. The number of ether oxygens (including phenoxy) is 1. The zero-order valence-corrected chi connectivity index (χ0v) is 11.9. The van der Waals surface area contributed by atoms with E-state index < -0.39 is 23.3 Å². The predicted octanol–water partition coefficient (Wildman–Crippen LogP) is 2.26. The van der Waals surface area contributed by atoms with Crippen molar-refractivity contribution in [2.24, 2.45) is 0 Å². The molecule has 0 bridgehead atoms. The van der Waals surface area contributed by atoms with Gasteiger partial charge < -0.3 is 20.1 Å². The number of hydrogen-bond donors (Lipinski definition) is 3. The molecule has 3 N–H and O–H groups in total. The number of aromatic carboxylic acids is 1. The second-order valence-corrected chi connectivity index (χ2v) is 6.06. The van der Waals surface area contributed by atoms with Gasteiger partial charge in [0.2, 0.25) is 0 Å². The van der Waals surface area contributed by atoms with Gasteiger partial charge in [-0.05, 0) is 45.7 Å². The molecule has 5 heteroatoms. The average molecular weight is 280 g/mol. The van der Waals surface area contributed by atoms with Crippen molar-refractivity contribution in [2.45, 2.75) is 50.9 Å². The number of rotatable bonds is 2. The molecule has 5 nitrogen and oxygen atoms in total. The van der Waals surface area contributed by atoms with E-state index in [9.17, 15) is 15.0 Å². The van der Waals surface area contributed by atoms with Crippen LogP contribution in [-0.2, 0) is 10.3 Å². The minimum absolute atomic E-state index is 0.000547. The molecule has 2 atom stereocenters. The van der Waals surface area contributed by atoms with Crippen molar-refractivity contribution in [3.8, 4) is 5.75 Å². The first kappa shape index (κ1) is 14.8. The summed E-state index contributed by atoms with van der Waals surface area (Å²) in [6.45, 7) is 5.58. The fourth-order valence-corrected chi connectivity index (χ4v) is 2.77. The maximum atomic E-state index is 10.9. The van der Waals surface area contributed by atoms with Gasteiger partial charge in [-0.2, -0.15) is 0 Å². The Labute approximate surface area is 117 Å². The van der Waals surface area contributed by atoms with E-state index in [0.29, 0.717) is 12.0 Å². The summed E-state index contributed by atoms with van der Waals surface area (Å²) in [5.41, 5.74) is -1.06. The summed E-state index contributed by atoms with van der Waals surface area (Å²) in [6.07, 6.45) is 0.526. The van der Waals surface area contributed by atoms with Gasteiger partial charge >= 0.3 is 5.97 Å². The van der Waals surface area contributed by atoms with Crippen LogP contribution in [0.25, 0.3) is 0 Å². The summed E-state index contributed by atoms with van der Waals surface area (Å²) >= 11 is 0. The van der Waals surface area contributed by atoms with E-state index in [1.807, 2.05) is 13.8 Å². The molecular weight excluding hydrogens is 260 g/mol. The molecule has 0 unspecified atom stereocenters. The zero-order chi connectivity index (χ0) is 15.1. The van der Waals surface area contributed by atoms with E-state index in [0.717, 1.165) is 6.42 Å². The first-order valence-corrected chi connectivity index (χ1v) is 6.61. The van der Waals surface area contributed by atoms with E-state index in [4.69, 9.17) is 9.84 Å². The summed E-state index contributed by atoms with van der Waals surface area (Å²) < 4.78 is 5.98. The third-order valence-electron chi connectivity index (χ3n) is 3.92. The molecule has 20 heavy (non-hydrogen) atoms. The highest BCUT2D eigenvalue weighted by molar-refractivity contribution is 5.88. The number of aromatic hydroxyl groups is 1. The molecule has 1 aromatic carbocycles. The number of carboxylic acids is 1. The van der Waals surface area contributed by atoms with Crippen molar-refractivity contribution >= 4 is 5.97 Å². The molecule has 2 rings (SSSR count). The molecule has 0 amide bonds. The van der Waals surface area contributed by atoms with Crippen LogP contribution in [0, 0.1) is 0 Å². The van der Waals surface area contributed by atoms with Gasteiger partial charge in [0.25, 0.3) is 0 Å². The summed E-state index contributed by atoms with van der Waals surface area (Å²) in [4.78, 5) is 10.9. The standard InChI is InChI=1S/C15H20O5/c1-14(2)7-6-12(17)15(3,20-14)10-5-4-9(13(18)19)8-11(10)16/h4-5,8,12,16-17H,6-7H2,1-3H3,(H,18,19)/t12-,15+/m1/s1. The summed E-state index contributed by atoms with van der Waals surface area (Å²) in [7, 11) is 0. The third kappa shape index (κ3) is 2.51. The molecule has 0 radical (unpaired) electrons. The van der Waals surface area contributed by atoms with Crippen LogP contribution < -0.4 is 0 Å². The Bertz CT molecular complexity index is 537. The van der Waals surface area contributed by atoms with Crippen LogP contribution >= 0.6 is 0 Å². The highest BCUT2D eigenvalue weighted by Gasteiger charge is 2.46. The van der Waals surface area contributed by atoms with Gasteiger partial charge in [-0.15, -0.1) is 0 Å². The van der Waals surface area contributed by atoms with Crippen LogP contribution in [0.1, 0.15) is 49.5 Å². The van der Waals surface area contributed by atoms with Crippen molar-refractivity contribution in [1.82, 2.24) is 0 Å². The summed E-state index contributed by atoms with van der Waals surface area (Å²) in [5.74, 6) is -1.29. The fraction of sp³-hybridized carbons (Fsp3) is 0.533. The highest BCUT2D eigenvalue weighted by Crippen LogP contribution is 2.44. The number of aliphatic hydroxyl groups excluding tert-OH is 1. The number of benzene rings is 1. The normalized spacial score (nSPS) is 29.1. The molecule has 1 fully saturated rings. The first-order chi connectivity index (χ1) is 9.16. The minimum Gasteiger partial charge on any atom is -0.508 e. The van der Waals surface area contributed by atoms with Crippen molar-refractivity contribution < 1.29 is 24.9 Å². The van der Waals surface area contributed by atoms with Crippen molar-refractivity contribution in [2.75, 3.05) is 0 Å². The molecular formula is C15H20O5. The molecule has 1 aliphatic heterocycles. The Hall–Kier alpha value is -1.59. The van der Waals surface area contributed by atoms with Crippen molar-refractivity contribution in [3.63, 3.8) is 0 Å². The topological polar surface area (TPSA) is 87.0 Å². The van der Waals surface area contributed by atoms with E-state index in [1.54, 1.807) is 6.92 Å². The maximum Gasteiger partial charge on any atom is 0.335 e. The lowest BCUT2D eigenvalue weighted by molar-refractivity contribution is -0.222. The largest absolute Gasteiger partial charge is 0.508 e. The van der Waals surface area contributed by atoms with Crippen molar-refractivity contribution in [3.05, 3.63) is 29.3 Å². The van der Waals surface area contributed by atoms with Crippen LogP contribution in [0.4, 0.5) is 0 Å². The van der Waals surface area contributed by atoms with Gasteiger partial charge in [0.05, 0.1) is 17.3 Å². The highest BCUT2D eigenvalue weighted by atomic mass is 16.5. The lowest BCUT2D eigenvalue weighted by Crippen LogP contribution is -2.50. The van der Waals surface area contributed by atoms with Crippen molar-refractivity contribution in [1.29, 1.82) is 0 Å². The van der Waals surface area contributed by atoms with Gasteiger partial charge in [-0.3, -0.25) is 0 Å². The number of hydrogen-bond acceptors (Lipinski definition) is 4. The molecule has 110 valence electrons. The molecule has 1 heterocycles. The molecule has 0 spiro atoms. The Morgan fingerprint density at radius 3 is 2.55 bits per heavy atom. The fourth-order valence-electron chi connectivity index (χ4n) is 2.77. The second-order valence-electron chi connectivity index (χ2n) is 6.06. The van der Waals surface area contributed by atoms with Crippen LogP contribution in [-0.4, -0.2) is 33.0 Å². The van der Waals surface area contributed by atoms with Gasteiger partial charge in [0.15, 0.2) is 0 Å². The predicted molar refractivity (Wildman–Crippen MR) is 72.8 cm³/mol. The van der Waals surface area contributed by atoms with Gasteiger partial charge in [0, 0.05) is 5.56 Å². The molecule has 1 aromatic rings. The molecule has 1 aliphatic rings. The van der Waals surface area contributed by atoms with Gasteiger partial charge in [0.1, 0.15) is 11.4 Å². The molecule has 0 aromatic heterocycles. The Kier molecular flexibility index (Phi) is 3.52. The molecule has 0 saturated carbocycles. The van der Waals surface area contributed by atoms with Crippen LogP contribution in [0.5, 0.6) is 5.75 Å². The Morgan fingerprint density at radius 2 is 2.00 bits per heavy atom. The van der Waals surface area contributed by atoms with Crippen LogP contribution in [0.15, 0.2) is 18.2 Å². The van der Waals surface area contributed by atoms with E-state index in [1.165, 1.54) is 18.2 Å². The smallest absolute Gasteiger partial charge is 0.335 e. The number of carbonyl (C=O) groups is 1. The van der Waals surface area contributed by atoms with Crippen LogP contribution in [0.2, 0.25) is 0 Å². The van der Waals surface area contributed by atoms with Gasteiger partial charge in [-0.25, -0.2) is 4.79 Å². The van der Waals surface area contributed by atoms with E-state index in [2.05, 4.69) is 0 Å². The molecule has 0 aliphatic carbocycles. The number of phenolic OH excluding ortho intramolecular Hbond substituents is 1. The number of aliphatic hydroxyl groups is 1. The monoisotopic (exact) mass is 280 g/mol. The first-order valence-electron chi connectivity index (χ1n) is 6.61. The molecule has 1 saturated heterocycles. The quantitative estimate of drug-likeness (QED) is 0.773. The minimum atomic E-state index is -1.11. The number of phenols is 1. The lowest BCUT2D eigenvalue weighted by atomic mass is 9.80. The third-order valence-corrected chi connectivity index (χ3v) is 3.92. The average Bonchev–Trinajstić information content (AvgIpc) is 2.33.